The van der Waals surface area contributed by atoms with E-state index in [1.54, 1.807) is 30.3 Å². The molecule has 246 valence electrons. The molecule has 0 spiro atoms. The van der Waals surface area contributed by atoms with Crippen LogP contribution in [0.3, 0.4) is 0 Å². The Kier molecular flexibility index (Phi) is 12.0. The van der Waals surface area contributed by atoms with Crippen LogP contribution in [0.4, 0.5) is 11.4 Å². The van der Waals surface area contributed by atoms with Crippen LogP contribution in [-0.2, 0) is 4.79 Å². The second-order valence-corrected chi connectivity index (χ2v) is 10.5. The lowest BCUT2D eigenvalue weighted by Crippen LogP contribution is -2.33. The number of carbonyl (C=O) groups excluding carboxylic acids is 3. The van der Waals surface area contributed by atoms with E-state index < -0.39 is 22.7 Å². The molecule has 0 aliphatic rings. The maximum Gasteiger partial charge on any atom is 0.343 e. The van der Waals surface area contributed by atoms with Gasteiger partial charge in [-0.3, -0.25) is 19.7 Å². The van der Waals surface area contributed by atoms with Gasteiger partial charge in [-0.15, -0.1) is 0 Å². The molecule has 0 saturated heterocycles. The molecule has 0 heterocycles. The molecule has 0 radical (unpaired) electrons. The summed E-state index contributed by atoms with van der Waals surface area (Å²) in [7, 11) is 1.38. The number of nitro groups is 1. The zero-order chi connectivity index (χ0) is 34.6. The van der Waals surface area contributed by atoms with E-state index in [9.17, 15) is 24.5 Å². The lowest BCUT2D eigenvalue weighted by atomic mass is 10.1. The van der Waals surface area contributed by atoms with E-state index >= 15 is 0 Å². The molecule has 0 saturated carbocycles. The molecule has 4 aromatic carbocycles. The number of hydrogen-bond donors (Lipinski definition) is 2. The number of esters is 1. The van der Waals surface area contributed by atoms with Crippen LogP contribution < -0.4 is 25.1 Å². The molecular formula is C35H32ClN5O7. The molecule has 12 nitrogen and oxygen atoms in total. The number of benzene rings is 4. The van der Waals surface area contributed by atoms with Gasteiger partial charge in [0.1, 0.15) is 5.70 Å². The first-order valence-electron chi connectivity index (χ1n) is 14.7. The summed E-state index contributed by atoms with van der Waals surface area (Å²) in [6, 6.07) is 23.6. The van der Waals surface area contributed by atoms with Gasteiger partial charge in [0, 0.05) is 30.9 Å². The maximum atomic E-state index is 13.3. The third-order valence-electron chi connectivity index (χ3n) is 7.03. The highest BCUT2D eigenvalue weighted by atomic mass is 35.5. The molecule has 0 aromatic heterocycles. The van der Waals surface area contributed by atoms with E-state index in [1.165, 1.54) is 55.8 Å². The number of nitrogens with one attached hydrogen (secondary N) is 2. The second-order valence-electron chi connectivity index (χ2n) is 10.1. The first kappa shape index (κ1) is 34.9. The molecule has 0 aliphatic heterocycles. The highest BCUT2D eigenvalue weighted by Crippen LogP contribution is 2.29. The van der Waals surface area contributed by atoms with Gasteiger partial charge in [-0.25, -0.2) is 10.2 Å². The van der Waals surface area contributed by atoms with E-state index in [4.69, 9.17) is 21.1 Å². The molecule has 2 N–H and O–H groups in total. The minimum atomic E-state index is -0.738. The number of nitrogens with zero attached hydrogens (tertiary/aromatic N) is 3. The van der Waals surface area contributed by atoms with Crippen LogP contribution in [0.5, 0.6) is 11.5 Å². The molecule has 0 bridgehead atoms. The van der Waals surface area contributed by atoms with Crippen LogP contribution in [0.2, 0.25) is 5.02 Å². The van der Waals surface area contributed by atoms with E-state index in [2.05, 4.69) is 34.6 Å². The predicted molar refractivity (Wildman–Crippen MR) is 184 cm³/mol. The minimum absolute atomic E-state index is 0.0706. The van der Waals surface area contributed by atoms with Crippen molar-refractivity contribution in [3.05, 3.63) is 134 Å². The van der Waals surface area contributed by atoms with E-state index in [1.807, 2.05) is 24.3 Å². The van der Waals surface area contributed by atoms with Crippen LogP contribution in [0, 0.1) is 10.1 Å². The van der Waals surface area contributed by atoms with Crippen LogP contribution in [0.1, 0.15) is 45.7 Å². The Morgan fingerprint density at radius 2 is 1.58 bits per heavy atom. The largest absolute Gasteiger partial charge is 0.493 e. The van der Waals surface area contributed by atoms with Crippen LogP contribution >= 0.6 is 11.6 Å². The van der Waals surface area contributed by atoms with Crippen molar-refractivity contribution in [3.8, 4) is 11.5 Å². The number of halogens is 1. The van der Waals surface area contributed by atoms with Crippen LogP contribution in [0.15, 0.2) is 102 Å². The Balaban J connectivity index is 1.50. The predicted octanol–water partition coefficient (Wildman–Crippen LogP) is 6.24. The summed E-state index contributed by atoms with van der Waals surface area (Å²) in [6.45, 7) is 5.81. The maximum absolute atomic E-state index is 13.3. The highest BCUT2D eigenvalue weighted by molar-refractivity contribution is 6.34. The Morgan fingerprint density at radius 3 is 2.21 bits per heavy atom. The minimum Gasteiger partial charge on any atom is -0.493 e. The summed E-state index contributed by atoms with van der Waals surface area (Å²) in [5.41, 5.74) is 4.68. The normalized spacial score (nSPS) is 11.1. The summed E-state index contributed by atoms with van der Waals surface area (Å²) in [5.74, 6) is -1.71. The van der Waals surface area contributed by atoms with E-state index in [-0.39, 0.29) is 39.0 Å². The Bertz CT molecular complexity index is 1850. The van der Waals surface area contributed by atoms with Crippen molar-refractivity contribution in [1.29, 1.82) is 0 Å². The molecule has 0 unspecified atom stereocenters. The van der Waals surface area contributed by atoms with Crippen molar-refractivity contribution in [2.45, 2.75) is 13.8 Å². The number of rotatable bonds is 13. The van der Waals surface area contributed by atoms with Crippen LogP contribution in [-0.4, -0.2) is 49.1 Å². The van der Waals surface area contributed by atoms with Crippen molar-refractivity contribution in [2.24, 2.45) is 5.10 Å². The van der Waals surface area contributed by atoms with Gasteiger partial charge in [-0.2, -0.15) is 5.10 Å². The molecular weight excluding hydrogens is 638 g/mol. The van der Waals surface area contributed by atoms with Crippen molar-refractivity contribution in [2.75, 3.05) is 25.1 Å². The van der Waals surface area contributed by atoms with Gasteiger partial charge < -0.3 is 19.7 Å². The number of hydrogen-bond acceptors (Lipinski definition) is 9. The number of anilines is 1. The number of ether oxygens (including phenoxy) is 2. The molecule has 4 rings (SSSR count). The monoisotopic (exact) mass is 669 g/mol. The molecule has 0 aliphatic carbocycles. The van der Waals surface area contributed by atoms with Crippen molar-refractivity contribution >= 4 is 53.0 Å². The van der Waals surface area contributed by atoms with E-state index in [0.717, 1.165) is 18.8 Å². The van der Waals surface area contributed by atoms with Gasteiger partial charge in [0.15, 0.2) is 11.5 Å². The fourth-order valence-corrected chi connectivity index (χ4v) is 4.70. The van der Waals surface area contributed by atoms with Gasteiger partial charge in [0.2, 0.25) is 0 Å². The number of hydrazone groups is 1. The van der Waals surface area contributed by atoms with Gasteiger partial charge in [-0.05, 0) is 85.6 Å². The zero-order valence-electron chi connectivity index (χ0n) is 26.3. The average molecular weight is 670 g/mol. The molecule has 48 heavy (non-hydrogen) atoms. The molecule has 0 atom stereocenters. The molecule has 13 heteroatoms. The van der Waals surface area contributed by atoms with Crippen molar-refractivity contribution in [3.63, 3.8) is 0 Å². The lowest BCUT2D eigenvalue weighted by molar-refractivity contribution is -0.384. The number of nitro benzene ring substituents is 1. The topological polar surface area (TPSA) is 152 Å². The SMILES string of the molecule is CCN(CC)c1ccc(C=C(NC(=O)c2ccccc2Cl)C(=O)NN=Cc2ccc(OC(=O)c3ccc([N+](=O)[O-])cc3)c(OC)c2)cc1. The van der Waals surface area contributed by atoms with Crippen molar-refractivity contribution in [1.82, 2.24) is 10.7 Å². The average Bonchev–Trinajstić information content (AvgIpc) is 3.09. The van der Waals surface area contributed by atoms with Gasteiger partial charge in [0.05, 0.1) is 34.4 Å². The smallest absolute Gasteiger partial charge is 0.343 e. The lowest BCUT2D eigenvalue weighted by Gasteiger charge is -2.21. The first-order chi connectivity index (χ1) is 23.1. The summed E-state index contributed by atoms with van der Waals surface area (Å²) < 4.78 is 10.8. The summed E-state index contributed by atoms with van der Waals surface area (Å²) >= 11 is 6.21. The van der Waals surface area contributed by atoms with Crippen molar-refractivity contribution < 1.29 is 28.8 Å². The summed E-state index contributed by atoms with van der Waals surface area (Å²) in [5, 5.41) is 17.8. The number of carbonyl (C=O) groups is 3. The molecule has 4 aromatic rings. The number of amides is 2. The second kappa shape index (κ2) is 16.5. The van der Waals surface area contributed by atoms with Gasteiger partial charge in [0.25, 0.3) is 17.5 Å². The fraction of sp³-hybridized carbons (Fsp3) is 0.143. The van der Waals surface area contributed by atoms with E-state index in [0.29, 0.717) is 11.1 Å². The Labute approximate surface area is 281 Å². The van der Waals surface area contributed by atoms with Crippen LogP contribution in [0.25, 0.3) is 6.08 Å². The number of methoxy groups -OCH3 is 1. The summed E-state index contributed by atoms with van der Waals surface area (Å²) in [4.78, 5) is 51.4. The molecule has 2 amide bonds. The quantitative estimate of drug-likeness (QED) is 0.0424. The number of non-ortho nitro benzene ring substituents is 1. The fourth-order valence-electron chi connectivity index (χ4n) is 4.48. The standard InChI is InChI=1S/C35H32ClN5O7/c1-4-40(5-2)26-15-10-23(11-16-26)20-30(38-33(42)28-8-6-7-9-29(28)36)34(43)39-37-22-24-12-19-31(32(21-24)47-3)48-35(44)25-13-17-27(18-14-25)41(45)46/h6-22H,4-5H2,1-3H3,(H,38,42)(H,39,43). The Morgan fingerprint density at radius 1 is 0.917 bits per heavy atom. The molecule has 0 fully saturated rings. The third kappa shape index (κ3) is 9.04. The van der Waals surface area contributed by atoms with Gasteiger partial charge >= 0.3 is 5.97 Å². The first-order valence-corrected chi connectivity index (χ1v) is 15.1. The third-order valence-corrected chi connectivity index (χ3v) is 7.36. The Hall–Kier alpha value is -6.01. The zero-order valence-corrected chi connectivity index (χ0v) is 27.1. The highest BCUT2D eigenvalue weighted by Gasteiger charge is 2.17. The summed E-state index contributed by atoms with van der Waals surface area (Å²) in [6.07, 6.45) is 2.87. The van der Waals surface area contributed by atoms with Gasteiger partial charge in [-0.1, -0.05) is 35.9 Å².